The Morgan fingerprint density at radius 2 is 1.92 bits per heavy atom. The third-order valence-electron chi connectivity index (χ3n) is 8.59. The minimum atomic E-state index is -0.980. The van der Waals surface area contributed by atoms with Gasteiger partial charge in [-0.3, -0.25) is 24.0 Å². The number of fused-ring (bicyclic) bond motifs is 6. The fourth-order valence-corrected chi connectivity index (χ4v) is 6.56. The lowest BCUT2D eigenvalue weighted by Crippen LogP contribution is -2.48. The molecule has 246 valence electrons. The molecule has 1 fully saturated rings. The predicted octanol–water partition coefficient (Wildman–Crippen LogP) is 3.86. The van der Waals surface area contributed by atoms with E-state index in [1.165, 1.54) is 34.1 Å². The van der Waals surface area contributed by atoms with Gasteiger partial charge in [-0.1, -0.05) is 35.9 Å². The van der Waals surface area contributed by atoms with Gasteiger partial charge >= 0.3 is 5.97 Å². The van der Waals surface area contributed by atoms with Crippen molar-refractivity contribution in [3.63, 3.8) is 0 Å². The molecular weight excluding hydrogens is 641 g/mol. The summed E-state index contributed by atoms with van der Waals surface area (Å²) in [6, 6.07) is 16.6. The summed E-state index contributed by atoms with van der Waals surface area (Å²) in [5.41, 5.74) is 3.30. The van der Waals surface area contributed by atoms with Crippen LogP contribution in [0.25, 0.3) is 27.7 Å². The number of aliphatic carboxylic acids is 1. The molecule has 1 saturated heterocycles. The van der Waals surface area contributed by atoms with E-state index in [4.69, 9.17) is 21.4 Å². The Hall–Kier alpha value is -5.27. The number of carbonyl (C=O) groups is 3. The Labute approximate surface area is 279 Å². The van der Waals surface area contributed by atoms with Crippen LogP contribution in [0.15, 0.2) is 79.3 Å². The van der Waals surface area contributed by atoms with Crippen molar-refractivity contribution in [1.82, 2.24) is 34.7 Å². The van der Waals surface area contributed by atoms with Crippen molar-refractivity contribution in [2.24, 2.45) is 0 Å². The number of rotatable bonds is 4. The van der Waals surface area contributed by atoms with Crippen molar-refractivity contribution in [3.8, 4) is 22.6 Å². The monoisotopic (exact) mass is 671 g/mol. The summed E-state index contributed by atoms with van der Waals surface area (Å²) >= 11 is 6.22. The number of hydrogen-bond acceptors (Lipinski definition) is 7. The average molecular weight is 672 g/mol. The second-order valence-electron chi connectivity index (χ2n) is 11.8. The first-order valence-electron chi connectivity index (χ1n) is 15.5. The third-order valence-corrected chi connectivity index (χ3v) is 8.89. The number of carboxylic acids is 1. The summed E-state index contributed by atoms with van der Waals surface area (Å²) in [6.45, 7) is 1.22. The summed E-state index contributed by atoms with van der Waals surface area (Å²) in [4.78, 5) is 42.4. The zero-order valence-corrected chi connectivity index (χ0v) is 26.4. The predicted molar refractivity (Wildman–Crippen MR) is 175 cm³/mol. The minimum Gasteiger partial charge on any atom is -0.488 e. The zero-order valence-electron chi connectivity index (χ0n) is 25.6. The summed E-state index contributed by atoms with van der Waals surface area (Å²) in [5, 5.41) is 22.5. The van der Waals surface area contributed by atoms with E-state index < -0.39 is 29.8 Å². The molecule has 48 heavy (non-hydrogen) atoms. The molecule has 0 spiro atoms. The van der Waals surface area contributed by atoms with Gasteiger partial charge in [-0.25, -0.2) is 9.07 Å². The number of hydrogen-bond donors (Lipinski definition) is 2. The van der Waals surface area contributed by atoms with Gasteiger partial charge in [0.1, 0.15) is 23.7 Å². The molecule has 5 aromatic rings. The number of aromatic nitrogens is 4. The number of nitrogens with zero attached hydrogens (tertiary/aromatic N) is 6. The summed E-state index contributed by atoms with van der Waals surface area (Å²) in [7, 11) is 0. The van der Waals surface area contributed by atoms with Gasteiger partial charge < -0.3 is 20.1 Å². The third kappa shape index (κ3) is 6.46. The maximum atomic E-state index is 13.9. The number of amides is 2. The highest BCUT2D eigenvalue weighted by Gasteiger charge is 2.41. The van der Waals surface area contributed by atoms with E-state index in [9.17, 15) is 23.9 Å². The Bertz CT molecular complexity index is 2030. The molecule has 14 heteroatoms. The van der Waals surface area contributed by atoms with Crippen LogP contribution < -0.4 is 10.1 Å². The van der Waals surface area contributed by atoms with E-state index in [0.29, 0.717) is 24.5 Å². The summed E-state index contributed by atoms with van der Waals surface area (Å²) in [5.74, 6) is -1.69. The smallest absolute Gasteiger partial charge is 0.317 e. The maximum Gasteiger partial charge on any atom is 0.317 e. The lowest BCUT2D eigenvalue weighted by Gasteiger charge is -2.24. The first-order chi connectivity index (χ1) is 23.2. The molecule has 0 unspecified atom stereocenters. The Morgan fingerprint density at radius 3 is 2.75 bits per heavy atom. The van der Waals surface area contributed by atoms with E-state index in [2.05, 4.69) is 10.4 Å². The molecule has 2 aromatic heterocycles. The van der Waals surface area contributed by atoms with Crippen molar-refractivity contribution in [2.45, 2.75) is 25.1 Å². The Balaban J connectivity index is 1.20. The number of ether oxygens (including phenoxy) is 1. The molecule has 7 rings (SSSR count). The van der Waals surface area contributed by atoms with Crippen LogP contribution in [-0.4, -0.2) is 97.1 Å². The molecule has 2 atom stereocenters. The molecule has 12 nitrogen and oxygen atoms in total. The van der Waals surface area contributed by atoms with Crippen LogP contribution in [0.4, 0.5) is 4.39 Å². The second-order valence-corrected chi connectivity index (χ2v) is 12.2. The zero-order chi connectivity index (χ0) is 33.4. The number of carboxylic acid groups (broad SMARTS) is 1. The number of nitrogens with one attached hydrogen (secondary N) is 1. The molecule has 0 radical (unpaired) electrons. The van der Waals surface area contributed by atoms with Crippen LogP contribution in [0.2, 0.25) is 5.02 Å². The second kappa shape index (κ2) is 13.1. The largest absolute Gasteiger partial charge is 0.488 e. The Morgan fingerprint density at radius 1 is 1.06 bits per heavy atom. The van der Waals surface area contributed by atoms with Gasteiger partial charge in [-0.2, -0.15) is 10.2 Å². The van der Waals surface area contributed by atoms with Crippen molar-refractivity contribution >= 4 is 40.3 Å². The van der Waals surface area contributed by atoms with Crippen molar-refractivity contribution < 1.29 is 28.6 Å². The van der Waals surface area contributed by atoms with Crippen LogP contribution in [-0.2, 0) is 16.1 Å². The molecular formula is C34H31ClFN7O5. The molecule has 3 aromatic carbocycles. The fraction of sp³-hybridized carbons (Fsp3) is 0.265. The van der Waals surface area contributed by atoms with E-state index in [1.807, 2.05) is 48.7 Å². The van der Waals surface area contributed by atoms with Gasteiger partial charge in [-0.15, -0.1) is 0 Å². The summed E-state index contributed by atoms with van der Waals surface area (Å²) in [6.07, 6.45) is 4.56. The van der Waals surface area contributed by atoms with E-state index in [1.54, 1.807) is 9.58 Å². The Kier molecular flexibility index (Phi) is 8.54. The minimum absolute atomic E-state index is 0.128. The normalized spacial score (nSPS) is 18.7. The van der Waals surface area contributed by atoms with Crippen molar-refractivity contribution in [2.75, 3.05) is 32.7 Å². The van der Waals surface area contributed by atoms with Gasteiger partial charge in [0.05, 0.1) is 47.6 Å². The fourth-order valence-electron chi connectivity index (χ4n) is 6.30. The average Bonchev–Trinajstić information content (AvgIpc) is 3.81. The highest BCUT2D eigenvalue weighted by molar-refractivity contribution is 6.32. The molecule has 4 heterocycles. The molecule has 6 bridgehead atoms. The van der Waals surface area contributed by atoms with Crippen LogP contribution in [0.3, 0.4) is 0 Å². The van der Waals surface area contributed by atoms with Gasteiger partial charge in [0, 0.05) is 43.8 Å². The SMILES string of the molecule is O=C(O)CN1CCNC(=O)[C@@H]2C[C@@H](CN2C(=O)c2cnn(-c3ccc(F)cc3Cl)c2)Oc2cccc(c2)-c2cccc3nn(cc23)CC1. The number of carbonyl (C=O) groups excluding carboxylic acids is 2. The van der Waals surface area contributed by atoms with Crippen molar-refractivity contribution in [3.05, 3.63) is 95.7 Å². The van der Waals surface area contributed by atoms with Crippen LogP contribution in [0.1, 0.15) is 16.8 Å². The summed E-state index contributed by atoms with van der Waals surface area (Å²) < 4.78 is 23.2. The molecule has 2 aliphatic rings. The van der Waals surface area contributed by atoms with Crippen LogP contribution in [0.5, 0.6) is 5.75 Å². The van der Waals surface area contributed by atoms with Gasteiger partial charge in [0.15, 0.2) is 0 Å². The van der Waals surface area contributed by atoms with E-state index >= 15 is 0 Å². The topological polar surface area (TPSA) is 135 Å². The lowest BCUT2D eigenvalue weighted by molar-refractivity contribution is -0.138. The van der Waals surface area contributed by atoms with E-state index in [0.717, 1.165) is 28.1 Å². The van der Waals surface area contributed by atoms with Gasteiger partial charge in [0.2, 0.25) is 5.91 Å². The first kappa shape index (κ1) is 31.3. The van der Waals surface area contributed by atoms with Gasteiger partial charge in [-0.05, 0) is 47.5 Å². The quantitative estimate of drug-likeness (QED) is 0.294. The maximum absolute atomic E-state index is 13.9. The lowest BCUT2D eigenvalue weighted by atomic mass is 10.0. The van der Waals surface area contributed by atoms with Crippen LogP contribution >= 0.6 is 11.6 Å². The standard InChI is InChI=1S/C34H31ClFN7O5/c35-28-14-23(36)7-8-30(28)43-17-22(16-38-43)34(47)42-18-25-15-31(42)33(46)37-9-10-40(20-32(44)45)11-12-41-19-27-26(5-2-6-29(27)39-41)21-3-1-4-24(13-21)48-25/h1-8,13-14,16-17,19,25,31H,9-12,15,18,20H2,(H,37,46)(H,44,45)/t25-,31-/m0/s1. The van der Waals surface area contributed by atoms with E-state index in [-0.39, 0.29) is 49.1 Å². The highest BCUT2D eigenvalue weighted by atomic mass is 35.5. The molecule has 2 amide bonds. The van der Waals surface area contributed by atoms with Crippen molar-refractivity contribution in [1.29, 1.82) is 0 Å². The number of halogens is 2. The molecule has 0 aliphatic carbocycles. The molecule has 0 saturated carbocycles. The van der Waals surface area contributed by atoms with Gasteiger partial charge in [0.25, 0.3) is 5.91 Å². The highest BCUT2D eigenvalue weighted by Crippen LogP contribution is 2.32. The van der Waals surface area contributed by atoms with Crippen LogP contribution in [0, 0.1) is 5.82 Å². The molecule has 2 aliphatic heterocycles. The number of benzene rings is 3. The molecule has 2 N–H and O–H groups in total. The first-order valence-corrected chi connectivity index (χ1v) is 15.9. The number of likely N-dealkylation sites (tertiary alicyclic amines) is 1.